The maximum Gasteiger partial charge on any atom is 0.303 e. The van der Waals surface area contributed by atoms with Crippen LogP contribution in [0, 0.1) is 11.8 Å². The number of aliphatic hydroxyl groups is 1. The van der Waals surface area contributed by atoms with Crippen molar-refractivity contribution in [2.24, 2.45) is 11.8 Å². The van der Waals surface area contributed by atoms with E-state index in [0.717, 1.165) is 19.3 Å². The van der Waals surface area contributed by atoms with Crippen LogP contribution in [0.15, 0.2) is 12.2 Å². The predicted molar refractivity (Wildman–Crippen MR) is 72.4 cm³/mol. The SMILES string of the molecule is CCCCCC/C=C/C1[C@@H](CC(=O)O)CC[C@H]1O. The molecule has 104 valence electrons. The maximum atomic E-state index is 10.7. The van der Waals surface area contributed by atoms with Gasteiger partial charge in [-0.3, -0.25) is 4.79 Å². The lowest BCUT2D eigenvalue weighted by molar-refractivity contribution is -0.138. The molecular formula is C15H26O3. The van der Waals surface area contributed by atoms with Crippen molar-refractivity contribution in [3.63, 3.8) is 0 Å². The van der Waals surface area contributed by atoms with E-state index in [1.165, 1.54) is 25.7 Å². The van der Waals surface area contributed by atoms with E-state index < -0.39 is 5.97 Å². The molecule has 18 heavy (non-hydrogen) atoms. The lowest BCUT2D eigenvalue weighted by atomic mass is 9.91. The molecule has 0 amide bonds. The second-order valence-corrected chi connectivity index (χ2v) is 5.36. The van der Waals surface area contributed by atoms with Gasteiger partial charge in [-0.15, -0.1) is 0 Å². The van der Waals surface area contributed by atoms with Gasteiger partial charge in [0.25, 0.3) is 0 Å². The fourth-order valence-corrected chi connectivity index (χ4v) is 2.77. The van der Waals surface area contributed by atoms with Crippen LogP contribution in [0.4, 0.5) is 0 Å². The van der Waals surface area contributed by atoms with Crippen LogP contribution in [0.25, 0.3) is 0 Å². The minimum atomic E-state index is -0.754. The van der Waals surface area contributed by atoms with Crippen molar-refractivity contribution in [2.75, 3.05) is 0 Å². The van der Waals surface area contributed by atoms with Crippen molar-refractivity contribution >= 4 is 5.97 Å². The van der Waals surface area contributed by atoms with Gasteiger partial charge < -0.3 is 10.2 Å². The lowest BCUT2D eigenvalue weighted by Crippen LogP contribution is -2.19. The predicted octanol–water partition coefficient (Wildman–Crippen LogP) is 3.37. The van der Waals surface area contributed by atoms with E-state index in [4.69, 9.17) is 5.11 Å². The van der Waals surface area contributed by atoms with Crippen LogP contribution >= 0.6 is 0 Å². The van der Waals surface area contributed by atoms with E-state index in [-0.39, 0.29) is 24.4 Å². The van der Waals surface area contributed by atoms with Gasteiger partial charge in [0.05, 0.1) is 6.10 Å². The fraction of sp³-hybridized carbons (Fsp3) is 0.800. The molecule has 2 N–H and O–H groups in total. The van der Waals surface area contributed by atoms with E-state index in [2.05, 4.69) is 19.1 Å². The first kappa shape index (κ1) is 15.2. The molecule has 0 aromatic rings. The molecule has 1 aliphatic rings. The normalized spacial score (nSPS) is 28.0. The van der Waals surface area contributed by atoms with Gasteiger partial charge in [-0.2, -0.15) is 0 Å². The second kappa shape index (κ2) is 8.30. The topological polar surface area (TPSA) is 57.5 Å². The molecule has 0 radical (unpaired) electrons. The number of aliphatic hydroxyl groups excluding tert-OH is 1. The van der Waals surface area contributed by atoms with Crippen molar-refractivity contribution in [3.05, 3.63) is 12.2 Å². The molecule has 0 saturated heterocycles. The highest BCUT2D eigenvalue weighted by Gasteiger charge is 2.34. The van der Waals surface area contributed by atoms with E-state index in [1.807, 2.05) is 0 Å². The third-order valence-corrected chi connectivity index (χ3v) is 3.84. The highest BCUT2D eigenvalue weighted by Crippen LogP contribution is 2.35. The molecule has 1 unspecified atom stereocenters. The Bertz CT molecular complexity index is 273. The molecule has 0 aliphatic heterocycles. The van der Waals surface area contributed by atoms with Gasteiger partial charge >= 0.3 is 5.97 Å². The molecule has 1 rings (SSSR count). The minimum absolute atomic E-state index is 0.0484. The fourth-order valence-electron chi connectivity index (χ4n) is 2.77. The number of aliphatic carboxylic acids is 1. The summed E-state index contributed by atoms with van der Waals surface area (Å²) >= 11 is 0. The van der Waals surface area contributed by atoms with Crippen molar-refractivity contribution in [1.29, 1.82) is 0 Å². The lowest BCUT2D eigenvalue weighted by Gasteiger charge is -2.16. The van der Waals surface area contributed by atoms with Gasteiger partial charge in [0.2, 0.25) is 0 Å². The van der Waals surface area contributed by atoms with Gasteiger partial charge in [0.1, 0.15) is 0 Å². The molecule has 3 nitrogen and oxygen atoms in total. The summed E-state index contributed by atoms with van der Waals surface area (Å²) in [6, 6.07) is 0. The second-order valence-electron chi connectivity index (χ2n) is 5.36. The summed E-state index contributed by atoms with van der Waals surface area (Å²) in [4.78, 5) is 10.7. The molecule has 3 atom stereocenters. The van der Waals surface area contributed by atoms with Crippen molar-refractivity contribution in [1.82, 2.24) is 0 Å². The van der Waals surface area contributed by atoms with Crippen LogP contribution < -0.4 is 0 Å². The van der Waals surface area contributed by atoms with Crippen LogP contribution in [0.3, 0.4) is 0 Å². The number of carboxylic acids is 1. The largest absolute Gasteiger partial charge is 0.481 e. The molecule has 1 fully saturated rings. The number of allylic oxidation sites excluding steroid dienone is 1. The number of rotatable bonds is 8. The number of unbranched alkanes of at least 4 members (excludes halogenated alkanes) is 4. The molecule has 1 aliphatic carbocycles. The first-order valence-corrected chi connectivity index (χ1v) is 7.21. The Balaban J connectivity index is 2.32. The van der Waals surface area contributed by atoms with Crippen molar-refractivity contribution < 1.29 is 15.0 Å². The van der Waals surface area contributed by atoms with E-state index in [9.17, 15) is 9.90 Å². The molecule has 0 heterocycles. The van der Waals surface area contributed by atoms with Gasteiger partial charge in [0, 0.05) is 12.3 Å². The molecule has 0 aromatic heterocycles. The highest BCUT2D eigenvalue weighted by atomic mass is 16.4. The standard InChI is InChI=1S/C15H26O3/c1-2-3-4-5-6-7-8-13-12(11-15(17)18)9-10-14(13)16/h7-8,12-14,16H,2-6,9-11H2,1H3,(H,17,18)/b8-7+/t12-,13?,14-/m1/s1. The Kier molecular flexibility index (Phi) is 7.02. The van der Waals surface area contributed by atoms with Gasteiger partial charge in [-0.25, -0.2) is 0 Å². The summed E-state index contributed by atoms with van der Waals surface area (Å²) in [5.74, 6) is -0.591. The third kappa shape index (κ3) is 5.21. The summed E-state index contributed by atoms with van der Waals surface area (Å²) in [5.41, 5.74) is 0. The molecule has 0 bridgehead atoms. The Morgan fingerprint density at radius 2 is 2.06 bits per heavy atom. The molecule has 3 heteroatoms. The van der Waals surface area contributed by atoms with E-state index in [1.54, 1.807) is 0 Å². The van der Waals surface area contributed by atoms with Crippen LogP contribution in [-0.4, -0.2) is 22.3 Å². The van der Waals surface area contributed by atoms with Crippen molar-refractivity contribution in [2.45, 2.75) is 64.4 Å². The Labute approximate surface area is 110 Å². The average molecular weight is 254 g/mol. The maximum absolute atomic E-state index is 10.7. The molecule has 0 aromatic carbocycles. The van der Waals surface area contributed by atoms with Crippen molar-refractivity contribution in [3.8, 4) is 0 Å². The highest BCUT2D eigenvalue weighted by molar-refractivity contribution is 5.67. The number of hydrogen-bond donors (Lipinski definition) is 2. The number of hydrogen-bond acceptors (Lipinski definition) is 2. The number of carboxylic acid groups (broad SMARTS) is 1. The van der Waals surface area contributed by atoms with Crippen LogP contribution in [0.1, 0.15) is 58.3 Å². The van der Waals surface area contributed by atoms with Crippen LogP contribution in [0.5, 0.6) is 0 Å². The minimum Gasteiger partial charge on any atom is -0.481 e. The Morgan fingerprint density at radius 1 is 1.28 bits per heavy atom. The van der Waals surface area contributed by atoms with E-state index in [0.29, 0.717) is 0 Å². The summed E-state index contributed by atoms with van der Waals surface area (Å²) in [6.07, 6.45) is 11.6. The molecule has 0 spiro atoms. The first-order chi connectivity index (χ1) is 8.65. The monoisotopic (exact) mass is 254 g/mol. The molecular weight excluding hydrogens is 228 g/mol. The number of carbonyl (C=O) groups is 1. The zero-order valence-electron chi connectivity index (χ0n) is 11.3. The van der Waals surface area contributed by atoms with Gasteiger partial charge in [-0.1, -0.05) is 38.3 Å². The summed E-state index contributed by atoms with van der Waals surface area (Å²) in [7, 11) is 0. The van der Waals surface area contributed by atoms with E-state index >= 15 is 0 Å². The van der Waals surface area contributed by atoms with Crippen LogP contribution in [-0.2, 0) is 4.79 Å². The van der Waals surface area contributed by atoms with Gasteiger partial charge in [-0.05, 0) is 31.6 Å². The zero-order chi connectivity index (χ0) is 13.4. The Hall–Kier alpha value is -0.830. The zero-order valence-corrected chi connectivity index (χ0v) is 11.3. The summed E-state index contributed by atoms with van der Waals surface area (Å²) in [6.45, 7) is 2.20. The third-order valence-electron chi connectivity index (χ3n) is 3.84. The average Bonchev–Trinajstić information content (AvgIpc) is 2.65. The Morgan fingerprint density at radius 3 is 2.72 bits per heavy atom. The molecule has 1 saturated carbocycles. The quantitative estimate of drug-likeness (QED) is 0.515. The van der Waals surface area contributed by atoms with Crippen LogP contribution in [0.2, 0.25) is 0 Å². The van der Waals surface area contributed by atoms with Gasteiger partial charge in [0.15, 0.2) is 0 Å². The smallest absolute Gasteiger partial charge is 0.303 e. The summed E-state index contributed by atoms with van der Waals surface area (Å²) < 4.78 is 0. The first-order valence-electron chi connectivity index (χ1n) is 7.21. The summed E-state index contributed by atoms with van der Waals surface area (Å²) in [5, 5.41) is 18.7.